The first-order valence-corrected chi connectivity index (χ1v) is 5.76. The minimum absolute atomic E-state index is 0.149. The number of carbonyl (C=O) groups excluding carboxylic acids is 1. The maximum absolute atomic E-state index is 12.1. The summed E-state index contributed by atoms with van der Waals surface area (Å²) in [6.45, 7) is 5.78. The molecule has 96 valence electrons. The highest BCUT2D eigenvalue weighted by molar-refractivity contribution is 6.11. The lowest BCUT2D eigenvalue weighted by Gasteiger charge is -2.13. The monoisotopic (exact) mass is 245 g/mol. The predicted molar refractivity (Wildman–Crippen MR) is 73.0 cm³/mol. The smallest absolute Gasteiger partial charge is 0.238 e. The van der Waals surface area contributed by atoms with Crippen molar-refractivity contribution in [3.63, 3.8) is 0 Å². The van der Waals surface area contributed by atoms with Gasteiger partial charge in [-0.25, -0.2) is 0 Å². The first kappa shape index (κ1) is 14.1. The van der Waals surface area contributed by atoms with Gasteiger partial charge < -0.3 is 9.64 Å². The lowest BCUT2D eigenvalue weighted by atomic mass is 9.94. The second-order valence-corrected chi connectivity index (χ2v) is 4.48. The maximum atomic E-state index is 12.1. The van der Waals surface area contributed by atoms with E-state index in [1.165, 1.54) is 0 Å². The largest absolute Gasteiger partial charge is 0.496 e. The van der Waals surface area contributed by atoms with E-state index < -0.39 is 0 Å². The SMILES string of the molecule is COc1cc(C)c(C(=O)C#CN(C)C)c(C)c1C. The molecule has 0 aliphatic rings. The Bertz CT molecular complexity index is 534. The zero-order chi connectivity index (χ0) is 13.9. The van der Waals surface area contributed by atoms with E-state index in [0.717, 1.165) is 22.4 Å². The summed E-state index contributed by atoms with van der Waals surface area (Å²) in [6, 6.07) is 4.63. The molecule has 0 aromatic heterocycles. The number of carbonyl (C=O) groups is 1. The average molecular weight is 245 g/mol. The van der Waals surface area contributed by atoms with Gasteiger partial charge in [-0.05, 0) is 49.4 Å². The van der Waals surface area contributed by atoms with Crippen molar-refractivity contribution in [2.75, 3.05) is 21.2 Å². The van der Waals surface area contributed by atoms with Crippen LogP contribution < -0.4 is 4.74 Å². The van der Waals surface area contributed by atoms with Crippen LogP contribution in [0.15, 0.2) is 6.07 Å². The summed E-state index contributed by atoms with van der Waals surface area (Å²) < 4.78 is 5.28. The van der Waals surface area contributed by atoms with Gasteiger partial charge in [-0.1, -0.05) is 0 Å². The number of hydrogen-bond donors (Lipinski definition) is 0. The van der Waals surface area contributed by atoms with Gasteiger partial charge in [0, 0.05) is 25.7 Å². The molecule has 0 aliphatic heterocycles. The molecule has 3 heteroatoms. The van der Waals surface area contributed by atoms with Gasteiger partial charge in [0.25, 0.3) is 0 Å². The fourth-order valence-electron chi connectivity index (χ4n) is 1.83. The van der Waals surface area contributed by atoms with Crippen LogP contribution in [0.2, 0.25) is 0 Å². The van der Waals surface area contributed by atoms with Crippen LogP contribution in [0.4, 0.5) is 0 Å². The van der Waals surface area contributed by atoms with E-state index in [-0.39, 0.29) is 5.78 Å². The van der Waals surface area contributed by atoms with Gasteiger partial charge in [0.1, 0.15) is 5.75 Å². The summed E-state index contributed by atoms with van der Waals surface area (Å²) >= 11 is 0. The molecule has 3 nitrogen and oxygen atoms in total. The molecule has 0 spiro atoms. The Labute approximate surface area is 109 Å². The third-order valence-electron chi connectivity index (χ3n) is 2.89. The summed E-state index contributed by atoms with van der Waals surface area (Å²) in [5.41, 5.74) is 3.50. The molecule has 0 saturated carbocycles. The summed E-state index contributed by atoms with van der Waals surface area (Å²) in [7, 11) is 5.24. The van der Waals surface area contributed by atoms with Crippen LogP contribution in [-0.4, -0.2) is 31.9 Å². The number of ether oxygens (including phenoxy) is 1. The summed E-state index contributed by atoms with van der Waals surface area (Å²) in [4.78, 5) is 13.8. The van der Waals surface area contributed by atoms with Crippen molar-refractivity contribution in [2.24, 2.45) is 0 Å². The van der Waals surface area contributed by atoms with Gasteiger partial charge in [0.15, 0.2) is 0 Å². The van der Waals surface area contributed by atoms with Crippen LogP contribution >= 0.6 is 0 Å². The third-order valence-corrected chi connectivity index (χ3v) is 2.89. The van der Waals surface area contributed by atoms with Crippen LogP contribution in [0.5, 0.6) is 5.75 Å². The van der Waals surface area contributed by atoms with Gasteiger partial charge in [0.05, 0.1) is 7.11 Å². The van der Waals surface area contributed by atoms with Crippen molar-refractivity contribution in [3.05, 3.63) is 28.3 Å². The van der Waals surface area contributed by atoms with Crippen molar-refractivity contribution >= 4 is 5.78 Å². The fraction of sp³-hybridized carbons (Fsp3) is 0.400. The molecule has 0 fully saturated rings. The fourth-order valence-corrected chi connectivity index (χ4v) is 1.83. The average Bonchev–Trinajstić information content (AvgIpc) is 2.31. The molecule has 0 heterocycles. The molecule has 1 aromatic rings. The first-order valence-electron chi connectivity index (χ1n) is 5.76. The molecule has 0 aliphatic carbocycles. The van der Waals surface area contributed by atoms with Crippen LogP contribution in [-0.2, 0) is 0 Å². The number of methoxy groups -OCH3 is 1. The molecule has 0 N–H and O–H groups in total. The normalized spacial score (nSPS) is 9.44. The second-order valence-electron chi connectivity index (χ2n) is 4.48. The molecule has 0 bridgehead atoms. The molecule has 0 atom stereocenters. The Hall–Kier alpha value is -1.95. The predicted octanol–water partition coefficient (Wildman–Crippen LogP) is 2.33. The van der Waals surface area contributed by atoms with E-state index in [9.17, 15) is 4.79 Å². The number of ketones is 1. The third kappa shape index (κ3) is 2.84. The van der Waals surface area contributed by atoms with Gasteiger partial charge in [-0.15, -0.1) is 0 Å². The number of benzene rings is 1. The van der Waals surface area contributed by atoms with Gasteiger partial charge in [-0.2, -0.15) is 0 Å². The summed E-state index contributed by atoms with van der Waals surface area (Å²) in [5.74, 6) is 3.30. The van der Waals surface area contributed by atoms with Crippen molar-refractivity contribution < 1.29 is 9.53 Å². The highest BCUT2D eigenvalue weighted by Crippen LogP contribution is 2.27. The number of rotatable bonds is 2. The molecule has 0 unspecified atom stereocenters. The Morgan fingerprint density at radius 3 is 2.33 bits per heavy atom. The van der Waals surface area contributed by atoms with E-state index in [2.05, 4.69) is 12.0 Å². The van der Waals surface area contributed by atoms with Crippen molar-refractivity contribution in [1.82, 2.24) is 4.90 Å². The Morgan fingerprint density at radius 1 is 1.22 bits per heavy atom. The molecule has 0 amide bonds. The number of aryl methyl sites for hydroxylation is 1. The lowest BCUT2D eigenvalue weighted by Crippen LogP contribution is -2.07. The Morgan fingerprint density at radius 2 is 1.83 bits per heavy atom. The maximum Gasteiger partial charge on any atom is 0.238 e. The molecule has 1 rings (SSSR count). The highest BCUT2D eigenvalue weighted by atomic mass is 16.5. The standard InChI is InChI=1S/C15H19NO2/c1-10-9-14(18-6)11(2)12(3)15(10)13(17)7-8-16(4)5/h9H,1-6H3. The Balaban J connectivity index is 3.31. The zero-order valence-corrected chi connectivity index (χ0v) is 11.8. The van der Waals surface area contributed by atoms with Gasteiger partial charge in [-0.3, -0.25) is 4.79 Å². The Kier molecular flexibility index (Phi) is 4.38. The number of hydrogen-bond acceptors (Lipinski definition) is 3. The topological polar surface area (TPSA) is 29.5 Å². The van der Waals surface area contributed by atoms with Crippen molar-refractivity contribution in [2.45, 2.75) is 20.8 Å². The lowest BCUT2D eigenvalue weighted by molar-refractivity contribution is 0.105. The van der Waals surface area contributed by atoms with E-state index in [0.29, 0.717) is 5.56 Å². The number of Topliss-reactive ketones (excluding diaryl/α,β-unsaturated/α-hetero) is 1. The van der Waals surface area contributed by atoms with Crippen LogP contribution in [0.1, 0.15) is 27.0 Å². The van der Waals surface area contributed by atoms with Gasteiger partial charge >= 0.3 is 0 Å². The van der Waals surface area contributed by atoms with E-state index in [1.54, 1.807) is 26.1 Å². The quantitative estimate of drug-likeness (QED) is 0.455. The molecular formula is C15H19NO2. The van der Waals surface area contributed by atoms with E-state index in [1.807, 2.05) is 26.8 Å². The molecule has 0 saturated heterocycles. The van der Waals surface area contributed by atoms with Crippen molar-refractivity contribution in [3.8, 4) is 17.7 Å². The minimum Gasteiger partial charge on any atom is -0.496 e. The summed E-state index contributed by atoms with van der Waals surface area (Å²) in [6.07, 6.45) is 0. The molecule has 1 aromatic carbocycles. The van der Waals surface area contributed by atoms with Crippen molar-refractivity contribution in [1.29, 1.82) is 0 Å². The first-order chi connectivity index (χ1) is 8.38. The summed E-state index contributed by atoms with van der Waals surface area (Å²) in [5, 5.41) is 0. The van der Waals surface area contributed by atoms with Crippen LogP contribution in [0.3, 0.4) is 0 Å². The zero-order valence-electron chi connectivity index (χ0n) is 11.8. The van der Waals surface area contributed by atoms with Crippen LogP contribution in [0.25, 0.3) is 0 Å². The van der Waals surface area contributed by atoms with E-state index >= 15 is 0 Å². The molecule has 18 heavy (non-hydrogen) atoms. The van der Waals surface area contributed by atoms with E-state index in [4.69, 9.17) is 4.74 Å². The molecule has 0 radical (unpaired) electrons. The number of nitrogens with zero attached hydrogens (tertiary/aromatic N) is 1. The minimum atomic E-state index is -0.149. The van der Waals surface area contributed by atoms with Gasteiger partial charge in [0.2, 0.25) is 5.78 Å². The highest BCUT2D eigenvalue weighted by Gasteiger charge is 2.15. The van der Waals surface area contributed by atoms with Crippen LogP contribution in [0, 0.1) is 32.7 Å². The second kappa shape index (κ2) is 5.59. The molecular weight excluding hydrogens is 226 g/mol.